The van der Waals surface area contributed by atoms with Crippen molar-refractivity contribution in [1.82, 2.24) is 9.36 Å². The third-order valence-electron chi connectivity index (χ3n) is 1.76. The van der Waals surface area contributed by atoms with E-state index in [1.807, 2.05) is 25.1 Å². The maximum atomic E-state index is 5.79. The predicted molar refractivity (Wildman–Crippen MR) is 66.1 cm³/mol. The Hall–Kier alpha value is -1.27. The third kappa shape index (κ3) is 2.86. The van der Waals surface area contributed by atoms with Crippen molar-refractivity contribution < 1.29 is 4.74 Å². The number of nitrogens with zero attached hydrogens (tertiary/aromatic N) is 2. The van der Waals surface area contributed by atoms with E-state index in [9.17, 15) is 0 Å². The summed E-state index contributed by atoms with van der Waals surface area (Å²) in [6.07, 6.45) is 1.54. The molecule has 0 fully saturated rings. The molecule has 4 nitrogen and oxygen atoms in total. The summed E-state index contributed by atoms with van der Waals surface area (Å²) in [6.45, 7) is 2.58. The second-order valence-corrected chi connectivity index (χ2v) is 5.08. The van der Waals surface area contributed by atoms with Gasteiger partial charge in [-0.2, -0.15) is 4.37 Å². The molecule has 6 heteroatoms. The van der Waals surface area contributed by atoms with E-state index in [1.54, 1.807) is 6.33 Å². The Morgan fingerprint density at radius 1 is 1.44 bits per heavy atom. The first-order chi connectivity index (χ1) is 7.78. The fourth-order valence-corrected chi connectivity index (χ4v) is 2.73. The van der Waals surface area contributed by atoms with Crippen LogP contribution in [-0.2, 0) is 0 Å². The van der Waals surface area contributed by atoms with E-state index in [-0.39, 0.29) is 0 Å². The van der Waals surface area contributed by atoms with Crippen molar-refractivity contribution in [1.29, 1.82) is 0 Å². The number of hydrogen-bond donors (Lipinski definition) is 1. The van der Waals surface area contributed by atoms with Crippen LogP contribution in [0.15, 0.2) is 33.8 Å². The minimum absolute atomic E-state index is 0.631. The molecule has 16 heavy (non-hydrogen) atoms. The summed E-state index contributed by atoms with van der Waals surface area (Å²) in [7, 11) is 0. The molecule has 0 amide bonds. The summed E-state index contributed by atoms with van der Waals surface area (Å²) in [4.78, 5) is 5.12. The van der Waals surface area contributed by atoms with Crippen LogP contribution in [0.4, 0.5) is 5.69 Å². The van der Waals surface area contributed by atoms with Crippen molar-refractivity contribution >= 4 is 29.0 Å². The van der Waals surface area contributed by atoms with Crippen LogP contribution in [0.2, 0.25) is 0 Å². The van der Waals surface area contributed by atoms with Gasteiger partial charge in [0.15, 0.2) is 4.34 Å². The molecule has 0 bridgehead atoms. The lowest BCUT2D eigenvalue weighted by Crippen LogP contribution is -1.93. The topological polar surface area (TPSA) is 61.0 Å². The van der Waals surface area contributed by atoms with Gasteiger partial charge in [-0.15, -0.1) is 0 Å². The number of hydrogen-bond acceptors (Lipinski definition) is 6. The molecule has 2 N–H and O–H groups in total. The number of aromatic nitrogens is 2. The van der Waals surface area contributed by atoms with Crippen molar-refractivity contribution in [2.45, 2.75) is 16.2 Å². The first-order valence-electron chi connectivity index (χ1n) is 4.76. The highest BCUT2D eigenvalue weighted by Gasteiger charge is 2.04. The lowest BCUT2D eigenvalue weighted by Gasteiger charge is -2.06. The number of rotatable bonds is 4. The molecule has 0 spiro atoms. The first kappa shape index (κ1) is 11.2. The molecule has 84 valence electrons. The summed E-state index contributed by atoms with van der Waals surface area (Å²) < 4.78 is 10.3. The lowest BCUT2D eigenvalue weighted by molar-refractivity contribution is 0.339. The van der Waals surface area contributed by atoms with Crippen LogP contribution in [0.3, 0.4) is 0 Å². The Balaban J connectivity index is 2.20. The quantitative estimate of drug-likeness (QED) is 0.849. The first-order valence-corrected chi connectivity index (χ1v) is 6.35. The Kier molecular flexibility index (Phi) is 3.63. The molecule has 0 aliphatic carbocycles. The summed E-state index contributed by atoms with van der Waals surface area (Å²) in [5.74, 6) is 0.787. The van der Waals surface area contributed by atoms with E-state index < -0.39 is 0 Å². The van der Waals surface area contributed by atoms with Crippen molar-refractivity contribution in [3.63, 3.8) is 0 Å². The minimum atomic E-state index is 0.631. The van der Waals surface area contributed by atoms with E-state index >= 15 is 0 Å². The van der Waals surface area contributed by atoms with Gasteiger partial charge in [-0.1, -0.05) is 11.8 Å². The molecular weight excluding hydrogens is 242 g/mol. The predicted octanol–water partition coefficient (Wildman–Crippen LogP) is 2.67. The summed E-state index contributed by atoms with van der Waals surface area (Å²) in [5, 5.41) is 0. The lowest BCUT2D eigenvalue weighted by atomic mass is 10.3. The molecular formula is C10H11N3OS2. The van der Waals surface area contributed by atoms with Gasteiger partial charge in [0.2, 0.25) is 0 Å². The Bertz CT molecular complexity index is 459. The van der Waals surface area contributed by atoms with Crippen LogP contribution >= 0.6 is 23.3 Å². The van der Waals surface area contributed by atoms with Crippen LogP contribution in [0.25, 0.3) is 0 Å². The molecule has 1 aromatic carbocycles. The molecule has 1 aromatic heterocycles. The van der Waals surface area contributed by atoms with Crippen LogP contribution in [0.1, 0.15) is 6.92 Å². The molecule has 0 saturated carbocycles. The number of ether oxygens (including phenoxy) is 1. The average Bonchev–Trinajstić information content (AvgIpc) is 2.70. The second-order valence-electron chi connectivity index (χ2n) is 2.98. The average molecular weight is 253 g/mol. The van der Waals surface area contributed by atoms with Crippen LogP contribution in [0.5, 0.6) is 5.75 Å². The van der Waals surface area contributed by atoms with Gasteiger partial charge in [0.05, 0.1) is 6.61 Å². The molecule has 2 aromatic rings. The molecule has 1 heterocycles. The molecule has 0 radical (unpaired) electrons. The Labute approximate surface area is 102 Å². The van der Waals surface area contributed by atoms with E-state index in [1.165, 1.54) is 23.3 Å². The molecule has 0 unspecified atom stereocenters. The van der Waals surface area contributed by atoms with Gasteiger partial charge in [-0.05, 0) is 30.6 Å². The molecule has 2 rings (SSSR count). The fourth-order valence-electron chi connectivity index (χ4n) is 1.21. The van der Waals surface area contributed by atoms with Gasteiger partial charge >= 0.3 is 0 Å². The van der Waals surface area contributed by atoms with Gasteiger partial charge in [-0.3, -0.25) is 0 Å². The number of nitrogen functional groups attached to an aromatic ring is 1. The van der Waals surface area contributed by atoms with Crippen LogP contribution < -0.4 is 10.5 Å². The fraction of sp³-hybridized carbons (Fsp3) is 0.200. The summed E-state index contributed by atoms with van der Waals surface area (Å²) in [6, 6.07) is 5.66. The zero-order chi connectivity index (χ0) is 11.4. The highest BCUT2D eigenvalue weighted by molar-refractivity contribution is 8.01. The highest BCUT2D eigenvalue weighted by atomic mass is 32.2. The Morgan fingerprint density at radius 2 is 2.31 bits per heavy atom. The number of nitrogens with two attached hydrogens (primary N) is 1. The standard InChI is InChI=1S/C10H11N3OS2/c1-2-14-8-3-7(11)4-9(5-8)15-10-12-6-13-16-10/h3-6H,2,11H2,1H3. The highest BCUT2D eigenvalue weighted by Crippen LogP contribution is 2.32. The van der Waals surface area contributed by atoms with Crippen molar-refractivity contribution in [3.05, 3.63) is 24.5 Å². The minimum Gasteiger partial charge on any atom is -0.494 e. The monoisotopic (exact) mass is 253 g/mol. The number of anilines is 1. The normalized spacial score (nSPS) is 10.3. The molecule has 0 saturated heterocycles. The largest absolute Gasteiger partial charge is 0.494 e. The van der Waals surface area contributed by atoms with Gasteiger partial charge in [0.25, 0.3) is 0 Å². The smallest absolute Gasteiger partial charge is 0.174 e. The SMILES string of the molecule is CCOc1cc(N)cc(Sc2ncns2)c1. The molecule has 0 aliphatic heterocycles. The van der Waals surface area contributed by atoms with E-state index in [0.717, 1.165) is 15.0 Å². The second kappa shape index (κ2) is 5.18. The van der Waals surface area contributed by atoms with Crippen LogP contribution in [0, 0.1) is 0 Å². The summed E-state index contributed by atoms with van der Waals surface area (Å²) >= 11 is 2.90. The van der Waals surface area contributed by atoms with Crippen molar-refractivity contribution in [3.8, 4) is 5.75 Å². The van der Waals surface area contributed by atoms with Gasteiger partial charge in [-0.25, -0.2) is 4.98 Å². The molecule has 0 aliphatic rings. The number of benzene rings is 1. The van der Waals surface area contributed by atoms with E-state index in [4.69, 9.17) is 10.5 Å². The zero-order valence-electron chi connectivity index (χ0n) is 8.71. The van der Waals surface area contributed by atoms with Crippen molar-refractivity contribution in [2.24, 2.45) is 0 Å². The van der Waals surface area contributed by atoms with Gasteiger partial charge in [0.1, 0.15) is 12.1 Å². The zero-order valence-corrected chi connectivity index (χ0v) is 10.3. The van der Waals surface area contributed by atoms with Gasteiger partial charge in [0, 0.05) is 16.6 Å². The van der Waals surface area contributed by atoms with Crippen molar-refractivity contribution in [2.75, 3.05) is 12.3 Å². The van der Waals surface area contributed by atoms with E-state index in [0.29, 0.717) is 12.3 Å². The van der Waals surface area contributed by atoms with Crippen LogP contribution in [-0.4, -0.2) is 16.0 Å². The Morgan fingerprint density at radius 3 is 3.00 bits per heavy atom. The van der Waals surface area contributed by atoms with Gasteiger partial charge < -0.3 is 10.5 Å². The third-order valence-corrected chi connectivity index (χ3v) is 3.45. The van der Waals surface area contributed by atoms with E-state index in [2.05, 4.69) is 9.36 Å². The summed E-state index contributed by atoms with van der Waals surface area (Å²) in [5.41, 5.74) is 6.49. The molecule has 0 atom stereocenters. The maximum Gasteiger partial charge on any atom is 0.174 e. The maximum absolute atomic E-state index is 5.79.